The van der Waals surface area contributed by atoms with Gasteiger partial charge in [-0.05, 0) is 31.9 Å². The molecule has 1 atom stereocenters. The molecule has 1 rings (SSSR count). The van der Waals surface area contributed by atoms with E-state index in [4.69, 9.17) is 14.2 Å². The second kappa shape index (κ2) is 9.77. The molecule has 1 unspecified atom stereocenters. The molecule has 120 valence electrons. The van der Waals surface area contributed by atoms with Gasteiger partial charge in [0.1, 0.15) is 12.4 Å². The molecule has 0 aliphatic rings. The van der Waals surface area contributed by atoms with Crippen LogP contribution in [-0.4, -0.2) is 58.1 Å². The average molecular weight is 295 g/mol. The van der Waals surface area contributed by atoms with E-state index in [1.807, 2.05) is 0 Å². The van der Waals surface area contributed by atoms with Gasteiger partial charge >= 0.3 is 0 Å². The van der Waals surface area contributed by atoms with Gasteiger partial charge in [0.05, 0.1) is 13.2 Å². The van der Waals surface area contributed by atoms with Gasteiger partial charge in [0, 0.05) is 33.4 Å². The highest BCUT2D eigenvalue weighted by molar-refractivity contribution is 5.39. The molecular weight excluding hydrogens is 266 g/mol. The highest BCUT2D eigenvalue weighted by Gasteiger charge is 2.15. The number of methoxy groups -OCH3 is 2. The standard InChI is InChI=1S/C17H29NO3/c1-14-7-6-8-15(2)17(14)21-13-16(3)18(9-11-19-4)10-12-20-5/h6-8,16H,9-13H2,1-5H3. The number of hydrogen-bond acceptors (Lipinski definition) is 4. The molecule has 4 heteroatoms. The molecule has 1 aromatic rings. The Morgan fingerprint density at radius 3 is 2.00 bits per heavy atom. The van der Waals surface area contributed by atoms with Gasteiger partial charge in [-0.15, -0.1) is 0 Å². The first-order valence-electron chi connectivity index (χ1n) is 7.51. The number of ether oxygens (including phenoxy) is 3. The summed E-state index contributed by atoms with van der Waals surface area (Å²) >= 11 is 0. The van der Waals surface area contributed by atoms with Gasteiger partial charge in [-0.3, -0.25) is 4.90 Å². The van der Waals surface area contributed by atoms with E-state index in [2.05, 4.69) is 43.9 Å². The summed E-state index contributed by atoms with van der Waals surface area (Å²) in [4.78, 5) is 2.33. The van der Waals surface area contributed by atoms with Gasteiger partial charge < -0.3 is 14.2 Å². The third kappa shape index (κ3) is 6.04. The fraction of sp³-hybridized carbons (Fsp3) is 0.647. The van der Waals surface area contributed by atoms with Crippen molar-refractivity contribution in [2.75, 3.05) is 47.1 Å². The fourth-order valence-electron chi connectivity index (χ4n) is 2.31. The van der Waals surface area contributed by atoms with Gasteiger partial charge in [-0.1, -0.05) is 18.2 Å². The molecule has 0 bridgehead atoms. The summed E-state index contributed by atoms with van der Waals surface area (Å²) in [6, 6.07) is 6.54. The number of hydrogen-bond donors (Lipinski definition) is 0. The number of aryl methyl sites for hydroxylation is 2. The second-order valence-electron chi connectivity index (χ2n) is 5.40. The van der Waals surface area contributed by atoms with Crippen molar-refractivity contribution < 1.29 is 14.2 Å². The maximum absolute atomic E-state index is 6.05. The van der Waals surface area contributed by atoms with E-state index in [1.165, 1.54) is 11.1 Å². The van der Waals surface area contributed by atoms with Gasteiger partial charge in [-0.25, -0.2) is 0 Å². The van der Waals surface area contributed by atoms with Gasteiger partial charge in [0.2, 0.25) is 0 Å². The third-order valence-corrected chi connectivity index (χ3v) is 3.67. The third-order valence-electron chi connectivity index (χ3n) is 3.67. The van der Waals surface area contributed by atoms with E-state index in [9.17, 15) is 0 Å². The van der Waals surface area contributed by atoms with Crippen molar-refractivity contribution >= 4 is 0 Å². The molecular formula is C17H29NO3. The van der Waals surface area contributed by atoms with Crippen LogP contribution in [0.3, 0.4) is 0 Å². The van der Waals surface area contributed by atoms with Crippen LogP contribution in [0.25, 0.3) is 0 Å². The van der Waals surface area contributed by atoms with E-state index in [1.54, 1.807) is 14.2 Å². The number of nitrogens with zero attached hydrogens (tertiary/aromatic N) is 1. The molecule has 0 N–H and O–H groups in total. The lowest BCUT2D eigenvalue weighted by molar-refractivity contribution is 0.0739. The molecule has 0 saturated heterocycles. The van der Waals surface area contributed by atoms with Crippen LogP contribution in [0.5, 0.6) is 5.75 Å². The zero-order chi connectivity index (χ0) is 15.7. The summed E-state index contributed by atoms with van der Waals surface area (Å²) in [5.41, 5.74) is 2.37. The lowest BCUT2D eigenvalue weighted by Gasteiger charge is -2.29. The number of benzene rings is 1. The van der Waals surface area contributed by atoms with Crippen LogP contribution in [0.2, 0.25) is 0 Å². The van der Waals surface area contributed by atoms with Crippen LogP contribution in [0, 0.1) is 13.8 Å². The smallest absolute Gasteiger partial charge is 0.125 e. The molecule has 4 nitrogen and oxygen atoms in total. The van der Waals surface area contributed by atoms with E-state index in [-0.39, 0.29) is 0 Å². The maximum atomic E-state index is 6.05. The Morgan fingerprint density at radius 2 is 1.52 bits per heavy atom. The Balaban J connectivity index is 2.57. The lowest BCUT2D eigenvalue weighted by atomic mass is 10.1. The normalized spacial score (nSPS) is 12.7. The Bertz CT molecular complexity index is 381. The predicted octanol–water partition coefficient (Wildman–Crippen LogP) is 2.67. The Kier molecular flexibility index (Phi) is 8.35. The van der Waals surface area contributed by atoms with Crippen molar-refractivity contribution in [3.8, 4) is 5.75 Å². The zero-order valence-electron chi connectivity index (χ0n) is 14.0. The van der Waals surface area contributed by atoms with Gasteiger partial charge in [0.25, 0.3) is 0 Å². The van der Waals surface area contributed by atoms with Gasteiger partial charge in [0.15, 0.2) is 0 Å². The minimum atomic E-state index is 0.314. The van der Waals surface area contributed by atoms with Crippen molar-refractivity contribution in [1.82, 2.24) is 4.90 Å². The van der Waals surface area contributed by atoms with Gasteiger partial charge in [-0.2, -0.15) is 0 Å². The van der Waals surface area contributed by atoms with Crippen LogP contribution < -0.4 is 4.74 Å². The van der Waals surface area contributed by atoms with Crippen molar-refractivity contribution in [3.05, 3.63) is 29.3 Å². The van der Waals surface area contributed by atoms with E-state index in [0.717, 1.165) is 32.1 Å². The highest BCUT2D eigenvalue weighted by atomic mass is 16.5. The van der Waals surface area contributed by atoms with Crippen LogP contribution >= 0.6 is 0 Å². The molecule has 0 radical (unpaired) electrons. The van der Waals surface area contributed by atoms with E-state index < -0.39 is 0 Å². The monoisotopic (exact) mass is 295 g/mol. The van der Waals surface area contributed by atoms with Crippen LogP contribution in [0.4, 0.5) is 0 Å². The molecule has 0 fully saturated rings. The predicted molar refractivity (Wildman–Crippen MR) is 86.2 cm³/mol. The topological polar surface area (TPSA) is 30.9 Å². The summed E-state index contributed by atoms with van der Waals surface area (Å²) in [7, 11) is 3.46. The molecule has 1 aromatic carbocycles. The molecule has 0 saturated carbocycles. The molecule has 0 spiro atoms. The number of rotatable bonds is 10. The molecule has 0 amide bonds. The Labute approximate surface area is 129 Å². The average Bonchev–Trinajstić information content (AvgIpc) is 2.46. The molecule has 21 heavy (non-hydrogen) atoms. The molecule has 0 aliphatic heterocycles. The van der Waals surface area contributed by atoms with Crippen molar-refractivity contribution in [2.24, 2.45) is 0 Å². The Morgan fingerprint density at radius 1 is 1.00 bits per heavy atom. The first-order valence-corrected chi connectivity index (χ1v) is 7.51. The SMILES string of the molecule is COCCN(CCOC)C(C)COc1c(C)cccc1C. The van der Waals surface area contributed by atoms with E-state index >= 15 is 0 Å². The minimum absolute atomic E-state index is 0.314. The summed E-state index contributed by atoms with van der Waals surface area (Å²) in [5.74, 6) is 1.00. The second-order valence-corrected chi connectivity index (χ2v) is 5.40. The van der Waals surface area contributed by atoms with Crippen molar-refractivity contribution in [2.45, 2.75) is 26.8 Å². The van der Waals surface area contributed by atoms with Crippen LogP contribution in [-0.2, 0) is 9.47 Å². The Hall–Kier alpha value is -1.10. The molecule has 0 aliphatic carbocycles. The summed E-state index contributed by atoms with van der Waals surface area (Å²) < 4.78 is 16.4. The maximum Gasteiger partial charge on any atom is 0.125 e. The molecule has 0 heterocycles. The fourth-order valence-corrected chi connectivity index (χ4v) is 2.31. The lowest BCUT2D eigenvalue weighted by Crippen LogP contribution is -2.41. The molecule has 0 aromatic heterocycles. The minimum Gasteiger partial charge on any atom is -0.491 e. The summed E-state index contributed by atoms with van der Waals surface area (Å²) in [5, 5.41) is 0. The summed E-state index contributed by atoms with van der Waals surface area (Å²) in [6.45, 7) is 10.2. The van der Waals surface area contributed by atoms with E-state index in [0.29, 0.717) is 12.6 Å². The van der Waals surface area contributed by atoms with Crippen LogP contribution in [0.15, 0.2) is 18.2 Å². The number of para-hydroxylation sites is 1. The highest BCUT2D eigenvalue weighted by Crippen LogP contribution is 2.22. The van der Waals surface area contributed by atoms with Crippen LogP contribution in [0.1, 0.15) is 18.1 Å². The first kappa shape index (κ1) is 18.0. The zero-order valence-corrected chi connectivity index (χ0v) is 14.0. The first-order chi connectivity index (χ1) is 10.1. The summed E-state index contributed by atoms with van der Waals surface area (Å²) in [6.07, 6.45) is 0. The largest absolute Gasteiger partial charge is 0.491 e. The van der Waals surface area contributed by atoms with Crippen molar-refractivity contribution in [1.29, 1.82) is 0 Å². The quantitative estimate of drug-likeness (QED) is 0.664. The van der Waals surface area contributed by atoms with Crippen molar-refractivity contribution in [3.63, 3.8) is 0 Å².